The first-order valence-corrected chi connectivity index (χ1v) is 3.87. The molecule has 0 aromatic carbocycles. The molecule has 1 atom stereocenters. The van der Waals surface area contributed by atoms with Crippen LogP contribution in [0, 0.1) is 0 Å². The molecule has 0 aromatic heterocycles. The quantitative estimate of drug-likeness (QED) is 0.285. The molecule has 0 spiro atoms. The Morgan fingerprint density at radius 3 is 2.43 bits per heavy atom. The van der Waals surface area contributed by atoms with Gasteiger partial charge in [0.15, 0.2) is 6.61 Å². The van der Waals surface area contributed by atoms with Crippen molar-refractivity contribution < 1.29 is 23.8 Å². The van der Waals surface area contributed by atoms with Gasteiger partial charge in [-0.25, -0.2) is 9.59 Å². The normalized spacial score (nSPS) is 23.5. The molecule has 1 aliphatic heterocycles. The molecule has 1 rings (SSSR count). The maximum Gasteiger partial charge on any atom is 0.402 e. The van der Waals surface area contributed by atoms with E-state index in [1.807, 2.05) is 0 Å². The summed E-state index contributed by atoms with van der Waals surface area (Å²) in [6.45, 7) is 8.09. The van der Waals surface area contributed by atoms with Crippen LogP contribution in [0.1, 0.15) is 6.92 Å². The SMILES string of the molecule is C=CC(=O)OC1(OC(=O)C(=C)C)CO1. The summed E-state index contributed by atoms with van der Waals surface area (Å²) in [6, 6.07) is 0. The Hall–Kier alpha value is -1.62. The molecule has 0 radical (unpaired) electrons. The van der Waals surface area contributed by atoms with Crippen molar-refractivity contribution in [1.82, 2.24) is 0 Å². The number of carbonyl (C=O) groups is 2. The van der Waals surface area contributed by atoms with Crippen LogP contribution in [0.2, 0.25) is 0 Å². The number of hydrogen-bond acceptors (Lipinski definition) is 5. The predicted molar refractivity (Wildman–Crippen MR) is 45.9 cm³/mol. The van der Waals surface area contributed by atoms with Gasteiger partial charge in [0.25, 0.3) is 0 Å². The van der Waals surface area contributed by atoms with Gasteiger partial charge in [-0.1, -0.05) is 13.2 Å². The van der Waals surface area contributed by atoms with Crippen LogP contribution in [-0.2, 0) is 23.8 Å². The molecule has 0 saturated carbocycles. The standard InChI is InChI=1S/C9H10O5/c1-4-7(10)13-9(5-12-9)14-8(11)6(2)3/h4H,1-2,5H2,3H3. The summed E-state index contributed by atoms with van der Waals surface area (Å²) in [5, 5.41) is 0. The Balaban J connectivity index is 2.51. The van der Waals surface area contributed by atoms with Crippen molar-refractivity contribution in [2.24, 2.45) is 0 Å². The molecule has 1 aliphatic rings. The fraction of sp³-hybridized carbons (Fsp3) is 0.333. The summed E-state index contributed by atoms with van der Waals surface area (Å²) in [5.41, 5.74) is 0.203. The van der Waals surface area contributed by atoms with E-state index in [4.69, 9.17) is 9.47 Å². The Morgan fingerprint density at radius 1 is 1.50 bits per heavy atom. The molecule has 14 heavy (non-hydrogen) atoms. The lowest BCUT2D eigenvalue weighted by Gasteiger charge is -2.11. The Kier molecular flexibility index (Phi) is 2.71. The lowest BCUT2D eigenvalue weighted by molar-refractivity contribution is -0.217. The van der Waals surface area contributed by atoms with Crippen LogP contribution >= 0.6 is 0 Å². The second kappa shape index (κ2) is 3.63. The van der Waals surface area contributed by atoms with E-state index in [2.05, 4.69) is 17.9 Å². The summed E-state index contributed by atoms with van der Waals surface area (Å²) in [6.07, 6.45) is 0.956. The van der Waals surface area contributed by atoms with E-state index in [1.54, 1.807) is 0 Å². The fourth-order valence-corrected chi connectivity index (χ4v) is 0.621. The molecule has 0 aliphatic carbocycles. The van der Waals surface area contributed by atoms with Gasteiger partial charge in [-0.2, -0.15) is 0 Å². The van der Waals surface area contributed by atoms with Crippen LogP contribution in [0.4, 0.5) is 0 Å². The Labute approximate surface area is 80.9 Å². The summed E-state index contributed by atoms with van der Waals surface area (Å²) < 4.78 is 14.1. The minimum Gasteiger partial charge on any atom is -0.393 e. The molecule has 0 aromatic rings. The number of hydrogen-bond donors (Lipinski definition) is 0. The van der Waals surface area contributed by atoms with Crippen molar-refractivity contribution in [2.75, 3.05) is 6.61 Å². The number of ether oxygens (including phenoxy) is 3. The van der Waals surface area contributed by atoms with Gasteiger partial charge in [0.05, 0.1) is 0 Å². The number of epoxide rings is 1. The van der Waals surface area contributed by atoms with E-state index in [1.165, 1.54) is 6.92 Å². The van der Waals surface area contributed by atoms with Gasteiger partial charge in [-0.15, -0.1) is 0 Å². The largest absolute Gasteiger partial charge is 0.402 e. The highest BCUT2D eigenvalue weighted by Crippen LogP contribution is 2.30. The number of esters is 2. The average Bonchev–Trinajstić information content (AvgIpc) is 2.84. The Bertz CT molecular complexity index is 300. The van der Waals surface area contributed by atoms with Gasteiger partial charge < -0.3 is 9.47 Å². The average molecular weight is 198 g/mol. The van der Waals surface area contributed by atoms with Crippen molar-refractivity contribution in [2.45, 2.75) is 12.9 Å². The highest BCUT2D eigenvalue weighted by Gasteiger charge is 2.54. The number of rotatable bonds is 4. The molecule has 0 bridgehead atoms. The van der Waals surface area contributed by atoms with Gasteiger partial charge in [-0.3, -0.25) is 4.74 Å². The zero-order valence-electron chi connectivity index (χ0n) is 7.74. The molecule has 1 heterocycles. The van der Waals surface area contributed by atoms with Crippen molar-refractivity contribution in [3.05, 3.63) is 24.8 Å². The molecule has 1 unspecified atom stereocenters. The molecule has 1 saturated heterocycles. The molecule has 76 valence electrons. The topological polar surface area (TPSA) is 65.1 Å². The number of carbonyl (C=O) groups excluding carboxylic acids is 2. The van der Waals surface area contributed by atoms with Crippen molar-refractivity contribution >= 4 is 11.9 Å². The van der Waals surface area contributed by atoms with E-state index in [0.717, 1.165) is 6.08 Å². The van der Waals surface area contributed by atoms with E-state index in [9.17, 15) is 9.59 Å². The second-order valence-electron chi connectivity index (χ2n) is 2.77. The summed E-state index contributed by atoms with van der Waals surface area (Å²) in [7, 11) is 0. The monoisotopic (exact) mass is 198 g/mol. The maximum atomic E-state index is 11.0. The van der Waals surface area contributed by atoms with Crippen LogP contribution in [0.15, 0.2) is 24.8 Å². The molecule has 5 nitrogen and oxygen atoms in total. The van der Waals surface area contributed by atoms with Crippen LogP contribution in [0.3, 0.4) is 0 Å². The first-order valence-electron chi connectivity index (χ1n) is 3.87. The summed E-state index contributed by atoms with van der Waals surface area (Å²) in [5.74, 6) is -2.93. The molecule has 0 amide bonds. The molecule has 1 fully saturated rings. The van der Waals surface area contributed by atoms with Gasteiger partial charge in [-0.05, 0) is 6.92 Å². The predicted octanol–water partition coefficient (Wildman–Crippen LogP) is 0.519. The Morgan fingerprint density at radius 2 is 2.07 bits per heavy atom. The molecule has 5 heteroatoms. The van der Waals surface area contributed by atoms with Gasteiger partial charge >= 0.3 is 17.9 Å². The molecular weight excluding hydrogens is 188 g/mol. The van der Waals surface area contributed by atoms with E-state index in [-0.39, 0.29) is 12.2 Å². The van der Waals surface area contributed by atoms with Crippen LogP contribution in [-0.4, -0.2) is 24.5 Å². The lowest BCUT2D eigenvalue weighted by Crippen LogP contribution is -2.27. The summed E-state index contributed by atoms with van der Waals surface area (Å²) >= 11 is 0. The molecular formula is C9H10O5. The fourth-order valence-electron chi connectivity index (χ4n) is 0.621. The highest BCUT2D eigenvalue weighted by atomic mass is 17.0. The van der Waals surface area contributed by atoms with Crippen molar-refractivity contribution in [3.8, 4) is 0 Å². The first kappa shape index (κ1) is 10.5. The van der Waals surface area contributed by atoms with E-state index in [0.29, 0.717) is 0 Å². The second-order valence-corrected chi connectivity index (χ2v) is 2.77. The minimum absolute atomic E-state index is 0.0333. The zero-order chi connectivity index (χ0) is 10.8. The minimum atomic E-state index is -1.55. The smallest absolute Gasteiger partial charge is 0.393 e. The van der Waals surface area contributed by atoms with Crippen molar-refractivity contribution in [3.63, 3.8) is 0 Å². The van der Waals surface area contributed by atoms with Crippen molar-refractivity contribution in [1.29, 1.82) is 0 Å². The third kappa shape index (κ3) is 2.43. The first-order chi connectivity index (χ1) is 6.49. The van der Waals surface area contributed by atoms with E-state index < -0.39 is 17.9 Å². The summed E-state index contributed by atoms with van der Waals surface area (Å²) in [4.78, 5) is 21.8. The third-order valence-electron chi connectivity index (χ3n) is 1.40. The highest BCUT2D eigenvalue weighted by molar-refractivity contribution is 5.87. The third-order valence-corrected chi connectivity index (χ3v) is 1.40. The van der Waals surface area contributed by atoms with Crippen LogP contribution in [0.5, 0.6) is 0 Å². The van der Waals surface area contributed by atoms with Crippen LogP contribution < -0.4 is 0 Å². The van der Waals surface area contributed by atoms with Gasteiger partial charge in [0.2, 0.25) is 0 Å². The van der Waals surface area contributed by atoms with Crippen LogP contribution in [0.25, 0.3) is 0 Å². The van der Waals surface area contributed by atoms with Gasteiger partial charge in [0, 0.05) is 11.6 Å². The zero-order valence-corrected chi connectivity index (χ0v) is 7.74. The van der Waals surface area contributed by atoms with Gasteiger partial charge in [0.1, 0.15) is 0 Å². The molecule has 0 N–H and O–H groups in total. The maximum absolute atomic E-state index is 11.0. The van der Waals surface area contributed by atoms with E-state index >= 15 is 0 Å². The lowest BCUT2D eigenvalue weighted by atomic mass is 10.4.